The third-order valence-corrected chi connectivity index (χ3v) is 8.69. The number of carbonyl (C=O) groups excluding carboxylic acids is 4. The van der Waals surface area contributed by atoms with Crippen LogP contribution in [-0.4, -0.2) is 59.7 Å². The molecule has 1 heterocycles. The molecule has 1 saturated heterocycles. The number of likely N-dealkylation sites (tertiary alicyclic amines) is 1. The predicted octanol–water partition coefficient (Wildman–Crippen LogP) is 5.46. The average molecular weight is 542 g/mol. The summed E-state index contributed by atoms with van der Waals surface area (Å²) in [5.74, 6) is 0.294. The van der Waals surface area contributed by atoms with Gasteiger partial charge in [-0.15, -0.1) is 0 Å². The summed E-state index contributed by atoms with van der Waals surface area (Å²) < 4.78 is 0. The number of hydrogen-bond donors (Lipinski definition) is 1. The first-order chi connectivity index (χ1) is 18.4. The van der Waals surface area contributed by atoms with Gasteiger partial charge in [0.15, 0.2) is 11.6 Å². The number of Topliss-reactive ketones (excluding diaryl/α,β-unsaturated/α-hetero) is 2. The minimum atomic E-state index is -0.728. The minimum absolute atomic E-state index is 0.0537. The third-order valence-electron chi connectivity index (χ3n) is 8.69. The highest BCUT2D eigenvalue weighted by Gasteiger charge is 2.43. The fraction of sp³-hybridized carbons (Fsp3) is 0.781. The van der Waals surface area contributed by atoms with Crippen molar-refractivity contribution in [2.45, 2.75) is 123 Å². The molecule has 1 unspecified atom stereocenters. The lowest BCUT2D eigenvalue weighted by molar-refractivity contribution is -0.143. The highest BCUT2D eigenvalue weighted by atomic mass is 16.2. The van der Waals surface area contributed by atoms with Gasteiger partial charge >= 0.3 is 0 Å². The lowest BCUT2D eigenvalue weighted by Gasteiger charge is -2.36. The molecule has 0 radical (unpaired) electrons. The van der Waals surface area contributed by atoms with Gasteiger partial charge in [-0.1, -0.05) is 65.5 Å². The topological polar surface area (TPSA) is 95.9 Å². The van der Waals surface area contributed by atoms with Crippen molar-refractivity contribution >= 4 is 29.1 Å². The van der Waals surface area contributed by atoms with E-state index in [1.807, 2.05) is 27.7 Å². The molecule has 0 aromatic heterocycles. The van der Waals surface area contributed by atoms with Gasteiger partial charge in [0.25, 0.3) is 0 Å². The van der Waals surface area contributed by atoms with Crippen molar-refractivity contribution in [1.29, 1.82) is 0 Å². The van der Waals surface area contributed by atoms with E-state index in [1.165, 1.54) is 6.42 Å². The van der Waals surface area contributed by atoms with Crippen molar-refractivity contribution in [3.8, 4) is 0 Å². The second kappa shape index (κ2) is 13.8. The van der Waals surface area contributed by atoms with Gasteiger partial charge in [-0.2, -0.15) is 0 Å². The van der Waals surface area contributed by atoms with Crippen molar-refractivity contribution in [3.05, 3.63) is 12.2 Å². The summed E-state index contributed by atoms with van der Waals surface area (Å²) in [6, 6.07) is -1.35. The summed E-state index contributed by atoms with van der Waals surface area (Å²) in [7, 11) is 1.64. The largest absolute Gasteiger partial charge is 0.344 e. The van der Waals surface area contributed by atoms with E-state index in [0.717, 1.165) is 50.5 Å². The van der Waals surface area contributed by atoms with Crippen molar-refractivity contribution in [2.24, 2.45) is 28.2 Å². The average Bonchev–Trinajstić information content (AvgIpc) is 3.59. The molecule has 218 valence electrons. The lowest BCUT2D eigenvalue weighted by Crippen LogP contribution is -2.57. The molecule has 7 nitrogen and oxygen atoms in total. The van der Waals surface area contributed by atoms with Crippen molar-refractivity contribution < 1.29 is 19.2 Å². The number of hydrogen-bond acceptors (Lipinski definition) is 5. The van der Waals surface area contributed by atoms with E-state index in [-0.39, 0.29) is 35.7 Å². The second-order valence-electron chi connectivity index (χ2n) is 13.3. The first-order valence-corrected chi connectivity index (χ1v) is 15.2. The van der Waals surface area contributed by atoms with Crippen LogP contribution in [0.15, 0.2) is 17.1 Å². The molecule has 0 bridgehead atoms. The highest BCUT2D eigenvalue weighted by molar-refractivity contribution is 6.41. The number of rotatable bonds is 13. The standard InChI is InChI=1S/C32H51N3O4/c1-7-11-24(29(33-6)27(37)17-23-14-15-23)19-26(36)25-16-21(2)20-35(25)31(39)30(32(3,4)5)34-28(38)18-22-12-9-8-10-13-22/h22-25,30H,2,7-20H2,1,3-6H3,(H,34,38)/t24-,25+,30?/m1/s1. The Labute approximate surface area is 235 Å². The van der Waals surface area contributed by atoms with Gasteiger partial charge in [0.05, 0.1) is 11.8 Å². The van der Waals surface area contributed by atoms with E-state index in [9.17, 15) is 19.2 Å². The number of ketones is 2. The number of carbonyl (C=O) groups is 4. The summed E-state index contributed by atoms with van der Waals surface area (Å²) in [4.78, 5) is 59.6. The Morgan fingerprint density at radius 2 is 1.67 bits per heavy atom. The van der Waals surface area contributed by atoms with Gasteiger partial charge in [-0.05, 0) is 55.8 Å². The highest BCUT2D eigenvalue weighted by Crippen LogP contribution is 2.34. The molecule has 2 saturated carbocycles. The number of aliphatic imine (C=N–C) groups is 1. The van der Waals surface area contributed by atoms with E-state index in [1.54, 1.807) is 11.9 Å². The Morgan fingerprint density at radius 1 is 1.03 bits per heavy atom. The van der Waals surface area contributed by atoms with Crippen LogP contribution in [0.1, 0.15) is 111 Å². The van der Waals surface area contributed by atoms with Crippen molar-refractivity contribution in [2.75, 3.05) is 13.6 Å². The molecule has 39 heavy (non-hydrogen) atoms. The SMILES string of the molecule is C=C1C[C@@H](C(=O)C[C@@H](CCC)C(=NC)C(=O)CC2CC2)N(C(=O)C(NC(=O)CC2CCCCC2)C(C)(C)C)C1. The molecule has 3 aliphatic rings. The fourth-order valence-corrected chi connectivity index (χ4v) is 6.29. The first kappa shape index (κ1) is 31.2. The van der Waals surface area contributed by atoms with Crippen LogP contribution in [-0.2, 0) is 19.2 Å². The zero-order chi connectivity index (χ0) is 28.7. The van der Waals surface area contributed by atoms with Crippen LogP contribution in [0.2, 0.25) is 0 Å². The fourth-order valence-electron chi connectivity index (χ4n) is 6.29. The van der Waals surface area contributed by atoms with E-state index in [4.69, 9.17) is 0 Å². The Balaban J connectivity index is 1.72. The maximum absolute atomic E-state index is 14.0. The normalized spacial score (nSPS) is 22.5. The molecule has 2 amide bonds. The van der Waals surface area contributed by atoms with E-state index in [2.05, 4.69) is 16.9 Å². The van der Waals surface area contributed by atoms with Crippen molar-refractivity contribution in [1.82, 2.24) is 10.2 Å². The number of nitrogens with zero attached hydrogens (tertiary/aromatic N) is 2. The third kappa shape index (κ3) is 8.84. The van der Waals surface area contributed by atoms with E-state index < -0.39 is 17.5 Å². The van der Waals surface area contributed by atoms with Gasteiger partial charge in [-0.25, -0.2) is 0 Å². The smallest absolute Gasteiger partial charge is 0.246 e. The molecule has 0 aromatic rings. The minimum Gasteiger partial charge on any atom is -0.344 e. The van der Waals surface area contributed by atoms with Crippen LogP contribution in [0.25, 0.3) is 0 Å². The zero-order valence-electron chi connectivity index (χ0n) is 25.0. The molecular weight excluding hydrogens is 490 g/mol. The maximum atomic E-state index is 14.0. The van der Waals surface area contributed by atoms with Crippen LogP contribution < -0.4 is 5.32 Å². The van der Waals surface area contributed by atoms with Crippen molar-refractivity contribution in [3.63, 3.8) is 0 Å². The van der Waals surface area contributed by atoms with Gasteiger partial charge in [0.2, 0.25) is 11.8 Å². The molecule has 0 spiro atoms. The van der Waals surface area contributed by atoms with Gasteiger partial charge in [0, 0.05) is 38.8 Å². The Morgan fingerprint density at radius 3 is 2.23 bits per heavy atom. The van der Waals surface area contributed by atoms with E-state index >= 15 is 0 Å². The molecule has 1 N–H and O–H groups in total. The summed E-state index contributed by atoms with van der Waals surface area (Å²) in [5, 5.41) is 3.05. The lowest BCUT2D eigenvalue weighted by atomic mass is 9.83. The second-order valence-corrected chi connectivity index (χ2v) is 13.3. The first-order valence-electron chi connectivity index (χ1n) is 15.2. The zero-order valence-corrected chi connectivity index (χ0v) is 25.0. The molecule has 3 rings (SSSR count). The number of amides is 2. The summed E-state index contributed by atoms with van der Waals surface area (Å²) in [6.07, 6.45) is 11.0. The molecule has 3 fully saturated rings. The Kier molecular flexibility index (Phi) is 11.1. The summed E-state index contributed by atoms with van der Waals surface area (Å²) in [6.45, 7) is 12.3. The van der Waals surface area contributed by atoms with Crippen LogP contribution in [0.5, 0.6) is 0 Å². The molecular formula is C32H51N3O4. The predicted molar refractivity (Wildman–Crippen MR) is 156 cm³/mol. The summed E-state index contributed by atoms with van der Waals surface area (Å²) in [5.41, 5.74) is 0.845. The van der Waals surface area contributed by atoms with Gasteiger partial charge < -0.3 is 10.2 Å². The quantitative estimate of drug-likeness (QED) is 0.247. The Bertz CT molecular complexity index is 953. The van der Waals surface area contributed by atoms with Crippen LogP contribution in [0.3, 0.4) is 0 Å². The molecule has 7 heteroatoms. The van der Waals surface area contributed by atoms with Gasteiger partial charge in [0.1, 0.15) is 6.04 Å². The number of nitrogens with one attached hydrogen (secondary N) is 1. The Hall–Kier alpha value is -2.31. The van der Waals surface area contributed by atoms with Gasteiger partial charge in [-0.3, -0.25) is 24.2 Å². The van der Waals surface area contributed by atoms with E-state index in [0.29, 0.717) is 49.8 Å². The molecule has 2 aliphatic carbocycles. The molecule has 0 aromatic carbocycles. The van der Waals surface area contributed by atoms with Crippen LogP contribution in [0.4, 0.5) is 0 Å². The van der Waals surface area contributed by atoms with Crippen LogP contribution in [0, 0.1) is 23.2 Å². The summed E-state index contributed by atoms with van der Waals surface area (Å²) >= 11 is 0. The maximum Gasteiger partial charge on any atom is 0.246 e. The van der Waals surface area contributed by atoms with Crippen LogP contribution >= 0.6 is 0 Å². The molecule has 3 atom stereocenters. The molecule has 1 aliphatic heterocycles. The monoisotopic (exact) mass is 541 g/mol.